The number of hydrogen-bond donors (Lipinski definition) is 3. The minimum Gasteiger partial charge on any atom is -0.383 e. The molecule has 0 saturated carbocycles. The number of nitrogens with one attached hydrogen (secondary N) is 1. The molecule has 0 aliphatic heterocycles. The highest BCUT2D eigenvalue weighted by atomic mass is 16.1. The summed E-state index contributed by atoms with van der Waals surface area (Å²) in [7, 11) is 0. The van der Waals surface area contributed by atoms with Gasteiger partial charge in [0.05, 0.1) is 5.69 Å². The largest absolute Gasteiger partial charge is 0.383 e. The van der Waals surface area contributed by atoms with Gasteiger partial charge >= 0.3 is 0 Å². The molecule has 8 nitrogen and oxygen atoms in total. The van der Waals surface area contributed by atoms with Crippen molar-refractivity contribution in [2.75, 3.05) is 16.8 Å². The summed E-state index contributed by atoms with van der Waals surface area (Å²) in [6.07, 6.45) is 0. The number of anilines is 4. The van der Waals surface area contributed by atoms with Gasteiger partial charge in [-0.3, -0.25) is 4.79 Å². The average Bonchev–Trinajstić information content (AvgIpc) is 2.66. The fourth-order valence-electron chi connectivity index (χ4n) is 3.39. The molecule has 4 aromatic rings. The Kier molecular flexibility index (Phi) is 4.62. The molecule has 0 aliphatic carbocycles. The van der Waals surface area contributed by atoms with Crippen LogP contribution in [0.25, 0.3) is 16.7 Å². The van der Waals surface area contributed by atoms with Crippen molar-refractivity contribution in [2.45, 2.75) is 27.7 Å². The Bertz CT molecular complexity index is 1360. The highest BCUT2D eigenvalue weighted by molar-refractivity contribution is 5.87. The van der Waals surface area contributed by atoms with Crippen molar-refractivity contribution in [3.63, 3.8) is 0 Å². The first kappa shape index (κ1) is 19.4. The fraction of sp³-hybridized carbons (Fsp3) is 0.182. The van der Waals surface area contributed by atoms with Gasteiger partial charge in [-0.2, -0.15) is 15.0 Å². The standard InChI is InChI=1S/C22H23N7O/c1-11-5-7-13(3)15(9-11)25-22-28-19-17(18(23)26-21(24)27-19)20(30)29(22)16-10-12(2)6-8-14(16)4/h5-10H,1-4H3,(H5,23,24,25,26,27,28). The maximum atomic E-state index is 13.6. The molecule has 0 aliphatic rings. The van der Waals surface area contributed by atoms with E-state index in [1.54, 1.807) is 0 Å². The van der Waals surface area contributed by atoms with Crippen LogP contribution in [0.4, 0.5) is 23.4 Å². The number of nitrogens with zero attached hydrogens (tertiary/aromatic N) is 4. The number of fused-ring (bicyclic) bond motifs is 1. The van der Waals surface area contributed by atoms with Crippen molar-refractivity contribution in [1.29, 1.82) is 0 Å². The minimum atomic E-state index is -0.362. The molecule has 0 radical (unpaired) electrons. The lowest BCUT2D eigenvalue weighted by Gasteiger charge is -2.18. The van der Waals surface area contributed by atoms with Gasteiger partial charge < -0.3 is 16.8 Å². The maximum absolute atomic E-state index is 13.6. The third kappa shape index (κ3) is 3.32. The Hall–Kier alpha value is -3.94. The van der Waals surface area contributed by atoms with Gasteiger partial charge in [0.15, 0.2) is 5.65 Å². The Balaban J connectivity index is 2.08. The first-order chi connectivity index (χ1) is 14.2. The summed E-state index contributed by atoms with van der Waals surface area (Å²) in [6.45, 7) is 7.90. The molecule has 5 N–H and O–H groups in total. The lowest BCUT2D eigenvalue weighted by atomic mass is 10.1. The Morgan fingerprint density at radius 1 is 0.867 bits per heavy atom. The Morgan fingerprint density at radius 3 is 2.27 bits per heavy atom. The second kappa shape index (κ2) is 7.14. The van der Waals surface area contributed by atoms with E-state index < -0.39 is 0 Å². The van der Waals surface area contributed by atoms with Crippen molar-refractivity contribution in [1.82, 2.24) is 19.5 Å². The van der Waals surface area contributed by atoms with Crippen LogP contribution in [0.1, 0.15) is 22.3 Å². The number of aryl methyl sites for hydroxylation is 4. The van der Waals surface area contributed by atoms with Gasteiger partial charge in [0.1, 0.15) is 11.2 Å². The smallest absolute Gasteiger partial charge is 0.272 e. The van der Waals surface area contributed by atoms with Gasteiger partial charge in [-0.15, -0.1) is 0 Å². The van der Waals surface area contributed by atoms with Crippen molar-refractivity contribution >= 4 is 34.4 Å². The topological polar surface area (TPSA) is 125 Å². The molecule has 0 spiro atoms. The third-order valence-corrected chi connectivity index (χ3v) is 5.02. The molecule has 2 heterocycles. The van der Waals surface area contributed by atoms with Crippen LogP contribution in [0.5, 0.6) is 0 Å². The zero-order valence-corrected chi connectivity index (χ0v) is 17.3. The fourth-order valence-corrected chi connectivity index (χ4v) is 3.39. The van der Waals surface area contributed by atoms with Crippen LogP contribution < -0.4 is 22.3 Å². The number of benzene rings is 2. The first-order valence-electron chi connectivity index (χ1n) is 9.52. The summed E-state index contributed by atoms with van der Waals surface area (Å²) < 4.78 is 1.52. The van der Waals surface area contributed by atoms with Gasteiger partial charge in [-0.1, -0.05) is 24.3 Å². The second-order valence-corrected chi connectivity index (χ2v) is 7.47. The summed E-state index contributed by atoms with van der Waals surface area (Å²) >= 11 is 0. The van der Waals surface area contributed by atoms with Crippen molar-refractivity contribution < 1.29 is 0 Å². The average molecular weight is 401 g/mol. The van der Waals surface area contributed by atoms with E-state index in [1.807, 2.05) is 64.1 Å². The normalized spacial score (nSPS) is 11.1. The molecule has 0 unspecified atom stereocenters. The van der Waals surface area contributed by atoms with Gasteiger partial charge in [-0.25, -0.2) is 4.57 Å². The molecule has 2 aromatic carbocycles. The van der Waals surface area contributed by atoms with Gasteiger partial charge in [0.25, 0.3) is 5.56 Å². The molecular formula is C22H23N7O. The summed E-state index contributed by atoms with van der Waals surface area (Å²) in [4.78, 5) is 26.3. The van der Waals surface area contributed by atoms with Crippen LogP contribution in [-0.2, 0) is 0 Å². The van der Waals surface area contributed by atoms with E-state index in [9.17, 15) is 4.79 Å². The van der Waals surface area contributed by atoms with E-state index in [2.05, 4.69) is 20.3 Å². The molecule has 8 heteroatoms. The summed E-state index contributed by atoms with van der Waals surface area (Å²) in [5, 5.41) is 3.44. The van der Waals surface area contributed by atoms with Crippen LogP contribution in [-0.4, -0.2) is 19.5 Å². The second-order valence-electron chi connectivity index (χ2n) is 7.47. The van der Waals surface area contributed by atoms with Crippen LogP contribution in [0, 0.1) is 27.7 Å². The number of nitrogen functional groups attached to an aromatic ring is 2. The minimum absolute atomic E-state index is 0.00680. The number of hydrogen-bond acceptors (Lipinski definition) is 7. The van der Waals surface area contributed by atoms with E-state index in [0.717, 1.165) is 27.9 Å². The zero-order chi connectivity index (χ0) is 21.6. The van der Waals surface area contributed by atoms with Crippen molar-refractivity contribution in [2.24, 2.45) is 0 Å². The van der Waals surface area contributed by atoms with Crippen LogP contribution in [0.3, 0.4) is 0 Å². The summed E-state index contributed by atoms with van der Waals surface area (Å²) in [5.41, 5.74) is 17.1. The van der Waals surface area contributed by atoms with Gasteiger partial charge in [0.2, 0.25) is 11.9 Å². The quantitative estimate of drug-likeness (QED) is 0.481. The van der Waals surface area contributed by atoms with Gasteiger partial charge in [-0.05, 0) is 62.1 Å². The Morgan fingerprint density at radius 2 is 1.53 bits per heavy atom. The summed E-state index contributed by atoms with van der Waals surface area (Å²) in [5.74, 6) is 0.300. The highest BCUT2D eigenvalue weighted by Gasteiger charge is 2.19. The number of aromatic nitrogens is 4. The van der Waals surface area contributed by atoms with E-state index in [0.29, 0.717) is 11.6 Å². The lowest BCUT2D eigenvalue weighted by Crippen LogP contribution is -2.25. The van der Waals surface area contributed by atoms with E-state index in [-0.39, 0.29) is 28.4 Å². The monoisotopic (exact) mass is 401 g/mol. The molecule has 0 amide bonds. The molecule has 30 heavy (non-hydrogen) atoms. The molecule has 2 aromatic heterocycles. The predicted molar refractivity (Wildman–Crippen MR) is 120 cm³/mol. The molecule has 0 fully saturated rings. The molecule has 152 valence electrons. The van der Waals surface area contributed by atoms with Crippen LogP contribution in [0.2, 0.25) is 0 Å². The molecular weight excluding hydrogens is 378 g/mol. The SMILES string of the molecule is Cc1ccc(C)c(Nc2nc3nc(N)nc(N)c3c(=O)n2-c2cc(C)ccc2C)c1. The zero-order valence-electron chi connectivity index (χ0n) is 17.3. The Labute approximate surface area is 173 Å². The predicted octanol–water partition coefficient (Wildman–Crippen LogP) is 3.32. The maximum Gasteiger partial charge on any atom is 0.272 e. The summed E-state index contributed by atoms with van der Waals surface area (Å²) in [6, 6.07) is 11.9. The van der Waals surface area contributed by atoms with Crippen LogP contribution in [0.15, 0.2) is 41.2 Å². The van der Waals surface area contributed by atoms with Crippen LogP contribution >= 0.6 is 0 Å². The number of nitrogens with two attached hydrogens (primary N) is 2. The highest BCUT2D eigenvalue weighted by Crippen LogP contribution is 2.26. The molecule has 4 rings (SSSR count). The van der Waals surface area contributed by atoms with E-state index >= 15 is 0 Å². The van der Waals surface area contributed by atoms with Crippen molar-refractivity contribution in [3.8, 4) is 5.69 Å². The third-order valence-electron chi connectivity index (χ3n) is 5.02. The van der Waals surface area contributed by atoms with E-state index in [4.69, 9.17) is 11.5 Å². The molecule has 0 saturated heterocycles. The molecule has 0 atom stereocenters. The van der Waals surface area contributed by atoms with E-state index in [1.165, 1.54) is 4.57 Å². The molecule has 0 bridgehead atoms. The van der Waals surface area contributed by atoms with Crippen molar-refractivity contribution in [3.05, 3.63) is 69.0 Å². The van der Waals surface area contributed by atoms with Gasteiger partial charge in [0, 0.05) is 5.69 Å². The number of rotatable bonds is 3. The first-order valence-corrected chi connectivity index (χ1v) is 9.52. The lowest BCUT2D eigenvalue weighted by molar-refractivity contribution is 0.952.